The zero-order valence-electron chi connectivity index (χ0n) is 15.6. The maximum absolute atomic E-state index is 12.1. The fourth-order valence-corrected chi connectivity index (χ4v) is 2.43. The molecule has 0 unspecified atom stereocenters. The minimum atomic E-state index is -0.909. The molecule has 0 saturated carbocycles. The van der Waals surface area contributed by atoms with Crippen molar-refractivity contribution in [2.45, 2.75) is 39.7 Å². The Morgan fingerprint density at radius 1 is 1.04 bits per heavy atom. The van der Waals surface area contributed by atoms with Gasteiger partial charge in [0.1, 0.15) is 5.75 Å². The number of hydrogen-bond acceptors (Lipinski definition) is 4. The Bertz CT molecular complexity index is 756. The number of benzene rings is 2. The van der Waals surface area contributed by atoms with Gasteiger partial charge >= 0.3 is 5.97 Å². The molecule has 0 aliphatic rings. The topological polar surface area (TPSA) is 64.6 Å². The SMILES string of the molecule is Cc1ccc(C(C)C)c(OCC(=O)O[C@@H](C)C(=O)Nc2ccccc2)c1. The smallest absolute Gasteiger partial charge is 0.344 e. The van der Waals surface area contributed by atoms with Crippen molar-refractivity contribution in [1.82, 2.24) is 0 Å². The van der Waals surface area contributed by atoms with E-state index in [0.29, 0.717) is 11.4 Å². The second kappa shape index (κ2) is 9.04. The molecule has 0 aromatic heterocycles. The Hall–Kier alpha value is -2.82. The quantitative estimate of drug-likeness (QED) is 0.761. The number of ether oxygens (including phenoxy) is 2. The molecule has 0 aliphatic heterocycles. The average molecular weight is 355 g/mol. The van der Waals surface area contributed by atoms with Gasteiger partial charge in [-0.25, -0.2) is 4.79 Å². The van der Waals surface area contributed by atoms with Crippen molar-refractivity contribution in [1.29, 1.82) is 0 Å². The third-order valence-electron chi connectivity index (χ3n) is 3.86. The Kier molecular flexibility index (Phi) is 6.78. The summed E-state index contributed by atoms with van der Waals surface area (Å²) in [5.41, 5.74) is 2.73. The molecule has 2 rings (SSSR count). The lowest BCUT2D eigenvalue weighted by molar-refractivity contribution is -0.155. The van der Waals surface area contributed by atoms with Crippen LogP contribution >= 0.6 is 0 Å². The first-order valence-electron chi connectivity index (χ1n) is 8.65. The van der Waals surface area contributed by atoms with Gasteiger partial charge in [-0.1, -0.05) is 44.2 Å². The lowest BCUT2D eigenvalue weighted by atomic mass is 10.0. The highest BCUT2D eigenvalue weighted by atomic mass is 16.6. The van der Waals surface area contributed by atoms with E-state index in [0.717, 1.165) is 11.1 Å². The molecule has 2 aromatic carbocycles. The van der Waals surface area contributed by atoms with Crippen LogP contribution in [0.1, 0.15) is 37.8 Å². The van der Waals surface area contributed by atoms with E-state index in [2.05, 4.69) is 19.2 Å². The molecule has 2 aromatic rings. The largest absolute Gasteiger partial charge is 0.482 e. The predicted molar refractivity (Wildman–Crippen MR) is 101 cm³/mol. The number of nitrogens with one attached hydrogen (secondary N) is 1. The second-order valence-corrected chi connectivity index (χ2v) is 6.47. The highest BCUT2D eigenvalue weighted by Gasteiger charge is 2.19. The zero-order chi connectivity index (χ0) is 19.1. The number of esters is 1. The minimum absolute atomic E-state index is 0.244. The molecule has 138 valence electrons. The third-order valence-corrected chi connectivity index (χ3v) is 3.86. The molecule has 0 spiro atoms. The summed E-state index contributed by atoms with van der Waals surface area (Å²) in [7, 11) is 0. The number of carbonyl (C=O) groups is 2. The van der Waals surface area contributed by atoms with Gasteiger partial charge in [-0.3, -0.25) is 4.79 Å². The summed E-state index contributed by atoms with van der Waals surface area (Å²) < 4.78 is 10.8. The highest BCUT2D eigenvalue weighted by Crippen LogP contribution is 2.27. The van der Waals surface area contributed by atoms with Crippen molar-refractivity contribution in [3.05, 3.63) is 59.7 Å². The molecule has 26 heavy (non-hydrogen) atoms. The number of anilines is 1. The number of hydrogen-bond donors (Lipinski definition) is 1. The summed E-state index contributed by atoms with van der Waals surface area (Å²) >= 11 is 0. The molecule has 0 fully saturated rings. The Labute approximate surface area is 154 Å². The van der Waals surface area contributed by atoms with E-state index < -0.39 is 12.1 Å². The third kappa shape index (κ3) is 5.62. The zero-order valence-corrected chi connectivity index (χ0v) is 15.6. The van der Waals surface area contributed by atoms with E-state index in [1.165, 1.54) is 6.92 Å². The summed E-state index contributed by atoms with van der Waals surface area (Å²) in [6, 6.07) is 14.9. The molecule has 1 atom stereocenters. The van der Waals surface area contributed by atoms with Crippen LogP contribution in [0.3, 0.4) is 0 Å². The van der Waals surface area contributed by atoms with Crippen LogP contribution in [0.4, 0.5) is 5.69 Å². The summed E-state index contributed by atoms with van der Waals surface area (Å²) in [5, 5.41) is 2.70. The highest BCUT2D eigenvalue weighted by molar-refractivity contribution is 5.95. The molecular weight excluding hydrogens is 330 g/mol. The maximum Gasteiger partial charge on any atom is 0.344 e. The lowest BCUT2D eigenvalue weighted by Crippen LogP contribution is -2.31. The van der Waals surface area contributed by atoms with E-state index in [9.17, 15) is 9.59 Å². The van der Waals surface area contributed by atoms with Gasteiger partial charge in [0, 0.05) is 5.69 Å². The lowest BCUT2D eigenvalue weighted by Gasteiger charge is -2.16. The number of aryl methyl sites for hydroxylation is 1. The first-order chi connectivity index (χ1) is 12.4. The van der Waals surface area contributed by atoms with Crippen molar-refractivity contribution in [3.63, 3.8) is 0 Å². The van der Waals surface area contributed by atoms with Crippen LogP contribution in [0.25, 0.3) is 0 Å². The van der Waals surface area contributed by atoms with Gasteiger partial charge < -0.3 is 14.8 Å². The molecule has 5 heteroatoms. The molecule has 0 bridgehead atoms. The van der Waals surface area contributed by atoms with Crippen LogP contribution in [0.5, 0.6) is 5.75 Å². The van der Waals surface area contributed by atoms with Crippen LogP contribution in [0.2, 0.25) is 0 Å². The van der Waals surface area contributed by atoms with Crippen LogP contribution in [0, 0.1) is 6.92 Å². The first kappa shape index (κ1) is 19.5. The van der Waals surface area contributed by atoms with Crippen molar-refractivity contribution < 1.29 is 19.1 Å². The summed E-state index contributed by atoms with van der Waals surface area (Å²) in [5.74, 6) is -0.0320. The summed E-state index contributed by atoms with van der Waals surface area (Å²) in [6.45, 7) is 7.37. The van der Waals surface area contributed by atoms with E-state index in [1.807, 2.05) is 43.3 Å². The fraction of sp³-hybridized carbons (Fsp3) is 0.333. The van der Waals surface area contributed by atoms with E-state index in [4.69, 9.17) is 9.47 Å². The normalized spacial score (nSPS) is 11.7. The molecule has 0 radical (unpaired) electrons. The Balaban J connectivity index is 1.88. The predicted octanol–water partition coefficient (Wildman–Crippen LogP) is 4.07. The number of carbonyl (C=O) groups excluding carboxylic acids is 2. The molecule has 5 nitrogen and oxygen atoms in total. The Morgan fingerprint density at radius 3 is 2.38 bits per heavy atom. The molecule has 1 N–H and O–H groups in total. The van der Waals surface area contributed by atoms with Gasteiger partial charge in [0.25, 0.3) is 5.91 Å². The van der Waals surface area contributed by atoms with Gasteiger partial charge in [0.15, 0.2) is 12.7 Å². The summed E-state index contributed by atoms with van der Waals surface area (Å²) in [4.78, 5) is 24.1. The van der Waals surface area contributed by atoms with Crippen molar-refractivity contribution in [2.24, 2.45) is 0 Å². The van der Waals surface area contributed by atoms with E-state index >= 15 is 0 Å². The van der Waals surface area contributed by atoms with Crippen molar-refractivity contribution in [3.8, 4) is 5.75 Å². The van der Waals surface area contributed by atoms with Gasteiger partial charge in [-0.05, 0) is 49.1 Å². The van der Waals surface area contributed by atoms with Crippen LogP contribution < -0.4 is 10.1 Å². The monoisotopic (exact) mass is 355 g/mol. The van der Waals surface area contributed by atoms with Gasteiger partial charge in [-0.2, -0.15) is 0 Å². The first-order valence-corrected chi connectivity index (χ1v) is 8.65. The van der Waals surface area contributed by atoms with Crippen LogP contribution in [-0.2, 0) is 14.3 Å². The van der Waals surface area contributed by atoms with Gasteiger partial charge in [0.05, 0.1) is 0 Å². The molecule has 0 heterocycles. The number of amides is 1. The van der Waals surface area contributed by atoms with Crippen molar-refractivity contribution in [2.75, 3.05) is 11.9 Å². The van der Waals surface area contributed by atoms with Crippen LogP contribution in [-0.4, -0.2) is 24.6 Å². The number of para-hydroxylation sites is 1. The molecular formula is C21H25NO4. The Morgan fingerprint density at radius 2 is 1.73 bits per heavy atom. The van der Waals surface area contributed by atoms with Gasteiger partial charge in [-0.15, -0.1) is 0 Å². The number of rotatable bonds is 7. The van der Waals surface area contributed by atoms with Crippen molar-refractivity contribution >= 4 is 17.6 Å². The van der Waals surface area contributed by atoms with E-state index in [1.54, 1.807) is 12.1 Å². The van der Waals surface area contributed by atoms with Gasteiger partial charge in [0.2, 0.25) is 0 Å². The second-order valence-electron chi connectivity index (χ2n) is 6.47. The standard InChI is InChI=1S/C21H25NO4/c1-14(2)18-11-10-15(3)12-19(18)25-13-20(23)26-16(4)21(24)22-17-8-6-5-7-9-17/h5-12,14,16H,13H2,1-4H3,(H,22,24)/t16-/m0/s1. The average Bonchev–Trinajstić information content (AvgIpc) is 2.60. The minimum Gasteiger partial charge on any atom is -0.482 e. The maximum atomic E-state index is 12.1. The molecule has 0 aliphatic carbocycles. The molecule has 0 saturated heterocycles. The van der Waals surface area contributed by atoms with E-state index in [-0.39, 0.29) is 18.4 Å². The summed E-state index contributed by atoms with van der Waals surface area (Å²) in [6.07, 6.45) is -0.909. The van der Waals surface area contributed by atoms with Crippen LogP contribution in [0.15, 0.2) is 48.5 Å². The molecule has 1 amide bonds. The fourth-order valence-electron chi connectivity index (χ4n) is 2.43.